The summed E-state index contributed by atoms with van der Waals surface area (Å²) >= 11 is 0. The number of rotatable bonds is 9. The van der Waals surface area contributed by atoms with Gasteiger partial charge in [-0.3, -0.25) is 0 Å². The number of amides is 2. The average molecular weight is 393 g/mol. The van der Waals surface area contributed by atoms with Crippen LogP contribution in [0.5, 0.6) is 0 Å². The summed E-state index contributed by atoms with van der Waals surface area (Å²) in [6, 6.07) is 15.7. The monoisotopic (exact) mass is 392 g/mol. The predicted octanol–water partition coefficient (Wildman–Crippen LogP) is 3.39. The molecule has 0 aliphatic carbocycles. The molecule has 0 atom stereocenters. The Labute approximate surface area is 171 Å². The lowest BCUT2D eigenvalue weighted by Gasteiger charge is -2.19. The molecule has 0 aliphatic rings. The van der Waals surface area contributed by atoms with Crippen LogP contribution in [0.3, 0.4) is 0 Å². The van der Waals surface area contributed by atoms with Crippen LogP contribution in [0.1, 0.15) is 19.4 Å². The number of carbonyl (C=O) groups excluding carboxylic acids is 1. The number of carbonyl (C=O) groups is 1. The largest absolute Gasteiger partial charge is 0.368 e. The zero-order valence-electron chi connectivity index (χ0n) is 17.0. The first kappa shape index (κ1) is 20.4. The van der Waals surface area contributed by atoms with E-state index in [9.17, 15) is 4.79 Å². The number of benzene rings is 1. The molecule has 0 spiro atoms. The van der Waals surface area contributed by atoms with Crippen LogP contribution in [0.2, 0.25) is 0 Å². The summed E-state index contributed by atoms with van der Waals surface area (Å²) in [6.07, 6.45) is 1.81. The molecule has 7 nitrogen and oxygen atoms in total. The van der Waals surface area contributed by atoms with Gasteiger partial charge in [-0.15, -0.1) is 0 Å². The van der Waals surface area contributed by atoms with Crippen molar-refractivity contribution < 1.29 is 4.79 Å². The van der Waals surface area contributed by atoms with Crippen molar-refractivity contribution in [2.45, 2.75) is 20.4 Å². The van der Waals surface area contributed by atoms with Crippen molar-refractivity contribution >= 4 is 28.6 Å². The minimum atomic E-state index is -0.203. The Morgan fingerprint density at radius 1 is 0.966 bits per heavy atom. The van der Waals surface area contributed by atoms with Gasteiger partial charge in [-0.25, -0.2) is 14.8 Å². The standard InChI is InChI=1S/C22H28N6O/c1-3-28(4-2)21-12-9-17(15-25-21)16-26-22(29)24-14-13-23-20-11-10-18-7-5-6-8-19(18)27-20/h5-12,15H,3-4,13-14,16H2,1-2H3,(H,23,27)(H2,24,26,29). The van der Waals surface area contributed by atoms with E-state index in [2.05, 4.69) is 44.7 Å². The molecule has 0 unspecified atom stereocenters. The van der Waals surface area contributed by atoms with Gasteiger partial charge in [0, 0.05) is 44.3 Å². The first-order chi connectivity index (χ1) is 14.2. The molecule has 3 aromatic rings. The van der Waals surface area contributed by atoms with Crippen LogP contribution < -0.4 is 20.9 Å². The molecule has 152 valence electrons. The van der Waals surface area contributed by atoms with Crippen molar-refractivity contribution in [3.8, 4) is 0 Å². The maximum atomic E-state index is 12.0. The zero-order chi connectivity index (χ0) is 20.5. The van der Waals surface area contributed by atoms with Gasteiger partial charge in [0.1, 0.15) is 11.6 Å². The lowest BCUT2D eigenvalue weighted by Crippen LogP contribution is -2.37. The average Bonchev–Trinajstić information content (AvgIpc) is 2.77. The third kappa shape index (κ3) is 5.81. The molecule has 29 heavy (non-hydrogen) atoms. The van der Waals surface area contributed by atoms with Gasteiger partial charge in [-0.1, -0.05) is 24.3 Å². The van der Waals surface area contributed by atoms with Gasteiger partial charge in [-0.2, -0.15) is 0 Å². The van der Waals surface area contributed by atoms with Gasteiger partial charge in [0.2, 0.25) is 0 Å². The zero-order valence-corrected chi connectivity index (χ0v) is 17.0. The Morgan fingerprint density at radius 3 is 2.55 bits per heavy atom. The Morgan fingerprint density at radius 2 is 1.79 bits per heavy atom. The van der Waals surface area contributed by atoms with Crippen LogP contribution in [0, 0.1) is 0 Å². The highest BCUT2D eigenvalue weighted by atomic mass is 16.2. The molecule has 2 heterocycles. The number of anilines is 2. The van der Waals surface area contributed by atoms with E-state index in [4.69, 9.17) is 0 Å². The van der Waals surface area contributed by atoms with E-state index in [1.807, 2.05) is 48.5 Å². The van der Waals surface area contributed by atoms with Crippen LogP contribution >= 0.6 is 0 Å². The van der Waals surface area contributed by atoms with Crippen molar-refractivity contribution in [1.82, 2.24) is 20.6 Å². The second-order valence-electron chi connectivity index (χ2n) is 6.62. The number of fused-ring (bicyclic) bond motifs is 1. The lowest BCUT2D eigenvalue weighted by molar-refractivity contribution is 0.241. The van der Waals surface area contributed by atoms with E-state index in [1.165, 1.54) is 0 Å². The fraction of sp³-hybridized carbons (Fsp3) is 0.318. The van der Waals surface area contributed by atoms with Gasteiger partial charge < -0.3 is 20.9 Å². The van der Waals surface area contributed by atoms with E-state index in [0.29, 0.717) is 19.6 Å². The van der Waals surface area contributed by atoms with Gasteiger partial charge in [-0.05, 0) is 43.7 Å². The van der Waals surface area contributed by atoms with Crippen molar-refractivity contribution in [2.75, 3.05) is 36.4 Å². The minimum Gasteiger partial charge on any atom is -0.368 e. The minimum absolute atomic E-state index is 0.203. The third-order valence-electron chi connectivity index (χ3n) is 4.66. The molecular formula is C22H28N6O. The molecule has 2 aromatic heterocycles. The predicted molar refractivity (Wildman–Crippen MR) is 118 cm³/mol. The highest BCUT2D eigenvalue weighted by molar-refractivity contribution is 5.80. The van der Waals surface area contributed by atoms with Crippen LogP contribution in [-0.2, 0) is 6.54 Å². The fourth-order valence-electron chi connectivity index (χ4n) is 3.03. The summed E-state index contributed by atoms with van der Waals surface area (Å²) in [7, 11) is 0. The van der Waals surface area contributed by atoms with Gasteiger partial charge in [0.15, 0.2) is 0 Å². The molecule has 7 heteroatoms. The topological polar surface area (TPSA) is 82.2 Å². The molecule has 0 saturated carbocycles. The SMILES string of the molecule is CCN(CC)c1ccc(CNC(=O)NCCNc2ccc3ccccc3n2)cn1. The number of urea groups is 1. The van der Waals surface area contributed by atoms with Crippen molar-refractivity contribution in [3.63, 3.8) is 0 Å². The highest BCUT2D eigenvalue weighted by Gasteiger charge is 2.04. The maximum Gasteiger partial charge on any atom is 0.315 e. The number of pyridine rings is 2. The van der Waals surface area contributed by atoms with E-state index >= 15 is 0 Å². The lowest BCUT2D eigenvalue weighted by atomic mass is 10.2. The van der Waals surface area contributed by atoms with Crippen LogP contribution in [0.15, 0.2) is 54.7 Å². The summed E-state index contributed by atoms with van der Waals surface area (Å²) in [5, 5.41) is 10.0. The van der Waals surface area contributed by atoms with Gasteiger partial charge in [0.25, 0.3) is 0 Å². The molecule has 0 saturated heterocycles. The molecule has 1 aromatic carbocycles. The molecule has 3 N–H and O–H groups in total. The highest BCUT2D eigenvalue weighted by Crippen LogP contribution is 2.14. The fourth-order valence-corrected chi connectivity index (χ4v) is 3.03. The number of aromatic nitrogens is 2. The Balaban J connectivity index is 1.37. The maximum absolute atomic E-state index is 12.0. The number of nitrogens with zero attached hydrogens (tertiary/aromatic N) is 3. The number of para-hydroxylation sites is 1. The second-order valence-corrected chi connectivity index (χ2v) is 6.62. The van der Waals surface area contributed by atoms with Crippen LogP contribution in [0.25, 0.3) is 10.9 Å². The van der Waals surface area contributed by atoms with Crippen molar-refractivity contribution in [1.29, 1.82) is 0 Å². The summed E-state index contributed by atoms with van der Waals surface area (Å²) in [5.41, 5.74) is 1.92. The summed E-state index contributed by atoms with van der Waals surface area (Å²) in [5.74, 6) is 1.75. The second kappa shape index (κ2) is 10.3. The van der Waals surface area contributed by atoms with Crippen LogP contribution in [0.4, 0.5) is 16.4 Å². The molecule has 0 aliphatic heterocycles. The number of nitrogens with one attached hydrogen (secondary N) is 3. The molecule has 0 radical (unpaired) electrons. The molecule has 2 amide bonds. The summed E-state index contributed by atoms with van der Waals surface area (Å²) in [4.78, 5) is 23.2. The van der Waals surface area contributed by atoms with E-state index < -0.39 is 0 Å². The van der Waals surface area contributed by atoms with E-state index in [-0.39, 0.29) is 6.03 Å². The van der Waals surface area contributed by atoms with E-state index in [0.717, 1.165) is 41.2 Å². The number of hydrogen-bond acceptors (Lipinski definition) is 5. The van der Waals surface area contributed by atoms with Crippen molar-refractivity contribution in [3.05, 3.63) is 60.3 Å². The van der Waals surface area contributed by atoms with Crippen LogP contribution in [-0.4, -0.2) is 42.2 Å². The first-order valence-corrected chi connectivity index (χ1v) is 10.0. The first-order valence-electron chi connectivity index (χ1n) is 10.0. The van der Waals surface area contributed by atoms with Crippen molar-refractivity contribution in [2.24, 2.45) is 0 Å². The number of hydrogen-bond donors (Lipinski definition) is 3. The van der Waals surface area contributed by atoms with Gasteiger partial charge in [0.05, 0.1) is 5.52 Å². The smallest absolute Gasteiger partial charge is 0.315 e. The summed E-state index contributed by atoms with van der Waals surface area (Å²) < 4.78 is 0. The molecule has 0 bridgehead atoms. The normalized spacial score (nSPS) is 10.6. The Hall–Kier alpha value is -3.35. The summed E-state index contributed by atoms with van der Waals surface area (Å²) in [6.45, 7) is 7.60. The molecular weight excluding hydrogens is 364 g/mol. The Bertz CT molecular complexity index is 924. The molecule has 3 rings (SSSR count). The quantitative estimate of drug-likeness (QED) is 0.486. The Kier molecular flexibility index (Phi) is 7.22. The molecule has 0 fully saturated rings. The van der Waals surface area contributed by atoms with E-state index in [1.54, 1.807) is 6.20 Å². The van der Waals surface area contributed by atoms with Gasteiger partial charge >= 0.3 is 6.03 Å². The third-order valence-corrected chi connectivity index (χ3v) is 4.66.